The minimum absolute atomic E-state index is 0.0146. The van der Waals surface area contributed by atoms with E-state index < -0.39 is 0 Å². The summed E-state index contributed by atoms with van der Waals surface area (Å²) < 4.78 is 0. The van der Waals surface area contributed by atoms with Crippen LogP contribution in [0.4, 0.5) is 0 Å². The molecule has 2 aromatic heterocycles. The zero-order valence-electron chi connectivity index (χ0n) is 27.5. The van der Waals surface area contributed by atoms with E-state index in [9.17, 15) is 0 Å². The van der Waals surface area contributed by atoms with Crippen molar-refractivity contribution >= 4 is 21.8 Å². The van der Waals surface area contributed by atoms with Crippen LogP contribution in [0.1, 0.15) is 74.9 Å². The Hall–Kier alpha value is -4.17. The quantitative estimate of drug-likeness (QED) is 0.227. The first-order valence-electron chi connectivity index (χ1n) is 15.5. The van der Waals surface area contributed by atoms with Crippen LogP contribution in [0.2, 0.25) is 0 Å². The van der Waals surface area contributed by atoms with Crippen molar-refractivity contribution in [1.82, 2.24) is 9.97 Å². The van der Waals surface area contributed by atoms with Gasteiger partial charge in [0, 0.05) is 33.6 Å². The number of aryl methyl sites for hydroxylation is 4. The van der Waals surface area contributed by atoms with E-state index in [1.165, 1.54) is 83.0 Å². The van der Waals surface area contributed by atoms with E-state index in [-0.39, 0.29) is 10.8 Å². The molecule has 6 rings (SSSR count). The van der Waals surface area contributed by atoms with E-state index in [4.69, 9.17) is 0 Å². The zero-order chi connectivity index (χ0) is 30.8. The molecular formula is C41H44N2. The molecular weight excluding hydrogens is 520 g/mol. The summed E-state index contributed by atoms with van der Waals surface area (Å²) >= 11 is 0. The Morgan fingerprint density at radius 3 is 1.65 bits per heavy atom. The molecule has 6 aromatic rings. The van der Waals surface area contributed by atoms with Gasteiger partial charge in [0.1, 0.15) is 0 Å². The van der Waals surface area contributed by atoms with Gasteiger partial charge < -0.3 is 4.98 Å². The number of H-pyrrole nitrogens is 1. The van der Waals surface area contributed by atoms with E-state index in [2.05, 4.69) is 146 Å². The van der Waals surface area contributed by atoms with Gasteiger partial charge in [-0.1, -0.05) is 65.8 Å². The normalized spacial score (nSPS) is 12.4. The average Bonchev–Trinajstić information content (AvgIpc) is 3.31. The summed E-state index contributed by atoms with van der Waals surface area (Å²) in [6.45, 7) is 22.7. The standard InChI is InChI=1S/C41H44N2/c1-24-17-26(3)32(22-30(24)31-23-33(27(4)18-25(31)2)37-13-11-12-16-42-37)35-20-29(41(8,9)10)21-36-34-19-28(40(5,6)7)14-15-38(34)43-39(35)36/h11-23,43H,1-10H3. The van der Waals surface area contributed by atoms with Crippen LogP contribution in [-0.4, -0.2) is 9.97 Å². The van der Waals surface area contributed by atoms with Gasteiger partial charge in [-0.25, -0.2) is 0 Å². The SMILES string of the molecule is Cc1cc(C)c(-c2cc(-c3cc(C(C)(C)C)cc4c3[nH]c3ccc(C(C)(C)C)cc34)c(C)cc2C)cc1-c1ccccn1. The first-order chi connectivity index (χ1) is 20.2. The topological polar surface area (TPSA) is 28.7 Å². The van der Waals surface area contributed by atoms with Crippen LogP contribution < -0.4 is 0 Å². The number of pyridine rings is 1. The molecule has 2 nitrogen and oxygen atoms in total. The molecule has 0 aliphatic carbocycles. The Morgan fingerprint density at radius 1 is 0.512 bits per heavy atom. The predicted molar refractivity (Wildman–Crippen MR) is 186 cm³/mol. The number of nitrogens with one attached hydrogen (secondary N) is 1. The molecule has 218 valence electrons. The zero-order valence-corrected chi connectivity index (χ0v) is 27.5. The Bertz CT molecular complexity index is 2010. The Labute approximate surface area is 257 Å². The van der Waals surface area contributed by atoms with Gasteiger partial charge in [0.25, 0.3) is 0 Å². The van der Waals surface area contributed by atoms with Crippen LogP contribution in [0, 0.1) is 27.7 Å². The summed E-state index contributed by atoms with van der Waals surface area (Å²) in [5.74, 6) is 0. The van der Waals surface area contributed by atoms with Gasteiger partial charge in [0.05, 0.1) is 11.2 Å². The molecule has 0 amide bonds. The van der Waals surface area contributed by atoms with Gasteiger partial charge in [-0.15, -0.1) is 0 Å². The first-order valence-corrected chi connectivity index (χ1v) is 15.5. The maximum atomic E-state index is 4.68. The number of hydrogen-bond donors (Lipinski definition) is 1. The van der Waals surface area contributed by atoms with Crippen LogP contribution in [-0.2, 0) is 10.8 Å². The van der Waals surface area contributed by atoms with Gasteiger partial charge in [0.2, 0.25) is 0 Å². The number of benzene rings is 4. The molecule has 43 heavy (non-hydrogen) atoms. The molecule has 0 bridgehead atoms. The molecule has 0 saturated carbocycles. The number of nitrogens with zero attached hydrogens (tertiary/aromatic N) is 1. The molecule has 0 spiro atoms. The lowest BCUT2D eigenvalue weighted by molar-refractivity contribution is 0.590. The Kier molecular flexibility index (Phi) is 6.88. The lowest BCUT2D eigenvalue weighted by Gasteiger charge is -2.22. The number of hydrogen-bond acceptors (Lipinski definition) is 1. The molecule has 0 aliphatic rings. The largest absolute Gasteiger partial charge is 0.354 e. The van der Waals surface area contributed by atoms with Crippen molar-refractivity contribution in [3.8, 4) is 33.5 Å². The third-order valence-electron chi connectivity index (χ3n) is 9.10. The minimum atomic E-state index is 0.0146. The monoisotopic (exact) mass is 564 g/mol. The van der Waals surface area contributed by atoms with Crippen molar-refractivity contribution in [1.29, 1.82) is 0 Å². The summed E-state index contributed by atoms with van der Waals surface area (Å²) in [5.41, 5.74) is 17.6. The second-order valence-corrected chi connectivity index (χ2v) is 14.5. The fraction of sp³-hybridized carbons (Fsp3) is 0.293. The third kappa shape index (κ3) is 5.18. The van der Waals surface area contributed by atoms with Crippen molar-refractivity contribution in [2.24, 2.45) is 0 Å². The number of aromatic amines is 1. The van der Waals surface area contributed by atoms with E-state index in [0.29, 0.717) is 0 Å². The fourth-order valence-corrected chi connectivity index (χ4v) is 6.48. The number of aromatic nitrogens is 2. The first kappa shape index (κ1) is 28.9. The molecule has 0 unspecified atom stereocenters. The molecule has 0 radical (unpaired) electrons. The molecule has 4 aromatic carbocycles. The van der Waals surface area contributed by atoms with Gasteiger partial charge in [-0.05, 0) is 137 Å². The van der Waals surface area contributed by atoms with Crippen LogP contribution in [0.5, 0.6) is 0 Å². The van der Waals surface area contributed by atoms with Crippen molar-refractivity contribution in [2.75, 3.05) is 0 Å². The van der Waals surface area contributed by atoms with Crippen LogP contribution in [0.15, 0.2) is 79.0 Å². The van der Waals surface area contributed by atoms with E-state index in [1.807, 2.05) is 12.3 Å². The minimum Gasteiger partial charge on any atom is -0.354 e. The Morgan fingerprint density at radius 2 is 1.07 bits per heavy atom. The average molecular weight is 565 g/mol. The Balaban J connectivity index is 1.63. The van der Waals surface area contributed by atoms with E-state index in [0.717, 1.165) is 5.69 Å². The fourth-order valence-electron chi connectivity index (χ4n) is 6.48. The van der Waals surface area contributed by atoms with Crippen molar-refractivity contribution in [3.05, 3.63) is 112 Å². The highest BCUT2D eigenvalue weighted by Gasteiger charge is 2.22. The molecule has 0 atom stereocenters. The number of rotatable bonds is 3. The summed E-state index contributed by atoms with van der Waals surface area (Å²) in [4.78, 5) is 8.53. The van der Waals surface area contributed by atoms with Gasteiger partial charge in [-0.2, -0.15) is 0 Å². The van der Waals surface area contributed by atoms with Gasteiger partial charge in [0.15, 0.2) is 0 Å². The maximum absolute atomic E-state index is 4.68. The highest BCUT2D eigenvalue weighted by atomic mass is 14.7. The van der Waals surface area contributed by atoms with Gasteiger partial charge in [-0.3, -0.25) is 4.98 Å². The van der Waals surface area contributed by atoms with Crippen LogP contribution in [0.25, 0.3) is 55.3 Å². The highest BCUT2D eigenvalue weighted by Crippen LogP contribution is 2.42. The second-order valence-electron chi connectivity index (χ2n) is 14.5. The summed E-state index contributed by atoms with van der Waals surface area (Å²) in [6.07, 6.45) is 1.88. The van der Waals surface area contributed by atoms with Crippen LogP contribution >= 0.6 is 0 Å². The lowest BCUT2D eigenvalue weighted by atomic mass is 9.82. The van der Waals surface area contributed by atoms with E-state index >= 15 is 0 Å². The molecule has 2 heterocycles. The molecule has 0 aliphatic heterocycles. The van der Waals surface area contributed by atoms with Crippen LogP contribution in [0.3, 0.4) is 0 Å². The molecule has 0 saturated heterocycles. The summed E-state index contributed by atoms with van der Waals surface area (Å²) in [6, 6.07) is 27.3. The second kappa shape index (κ2) is 10.2. The van der Waals surface area contributed by atoms with E-state index in [1.54, 1.807) is 0 Å². The molecule has 1 N–H and O–H groups in total. The summed E-state index contributed by atoms with van der Waals surface area (Å²) in [5, 5.41) is 2.60. The van der Waals surface area contributed by atoms with Crippen molar-refractivity contribution in [2.45, 2.75) is 80.1 Å². The number of fused-ring (bicyclic) bond motifs is 3. The smallest absolute Gasteiger partial charge is 0.0704 e. The van der Waals surface area contributed by atoms with Crippen molar-refractivity contribution in [3.63, 3.8) is 0 Å². The molecule has 0 fully saturated rings. The van der Waals surface area contributed by atoms with Gasteiger partial charge >= 0.3 is 0 Å². The lowest BCUT2D eigenvalue weighted by Crippen LogP contribution is -2.11. The predicted octanol–water partition coefficient (Wildman–Crippen LogP) is 11.5. The third-order valence-corrected chi connectivity index (χ3v) is 9.10. The highest BCUT2D eigenvalue weighted by molar-refractivity contribution is 6.13. The molecule has 2 heteroatoms. The summed E-state index contributed by atoms with van der Waals surface area (Å²) in [7, 11) is 0. The maximum Gasteiger partial charge on any atom is 0.0704 e. The van der Waals surface area contributed by atoms with Crippen molar-refractivity contribution < 1.29 is 0 Å².